The van der Waals surface area contributed by atoms with Crippen molar-refractivity contribution < 1.29 is 68.6 Å². The molecule has 6 N–H and O–H groups in total. The van der Waals surface area contributed by atoms with Crippen molar-refractivity contribution in [3.05, 3.63) is 244 Å². The molecule has 132 heavy (non-hydrogen) atoms. The van der Waals surface area contributed by atoms with E-state index in [1.165, 1.54) is 55.6 Å². The van der Waals surface area contributed by atoms with Gasteiger partial charge in [-0.1, -0.05) is 358 Å². The molecule has 14 heteroatoms. The Balaban J connectivity index is 0.000000307. The maximum Gasteiger partial charge on any atom is 0.306 e. The number of benzene rings is 8. The predicted octanol–water partition coefficient (Wildman–Crippen LogP) is 28.2. The number of carbonyl (C=O) groups is 2. The summed E-state index contributed by atoms with van der Waals surface area (Å²) in [7, 11) is 0. The van der Waals surface area contributed by atoms with Crippen LogP contribution in [-0.2, 0) is 124 Å². The van der Waals surface area contributed by atoms with Crippen molar-refractivity contribution in [3.63, 3.8) is 0 Å². The van der Waals surface area contributed by atoms with Gasteiger partial charge in [-0.2, -0.15) is 0 Å². The molecule has 728 valence electrons. The van der Waals surface area contributed by atoms with Gasteiger partial charge in [0.05, 0.1) is 31.8 Å². The highest BCUT2D eigenvalue weighted by Crippen LogP contribution is 2.49. The Morgan fingerprint density at radius 1 is 0.318 bits per heavy atom. The molecule has 0 aromatic heterocycles. The zero-order valence-electron chi connectivity index (χ0n) is 88.9. The van der Waals surface area contributed by atoms with Gasteiger partial charge in [0.1, 0.15) is 47.7 Å². The molecule has 0 unspecified atom stereocenters. The quantitative estimate of drug-likeness (QED) is 0.0416. The molecule has 8 aromatic rings. The van der Waals surface area contributed by atoms with Crippen LogP contribution in [-0.4, -0.2) is 94.8 Å². The number of rotatable bonds is 19. The molecule has 0 bridgehead atoms. The van der Waals surface area contributed by atoms with Crippen molar-refractivity contribution in [2.75, 3.05) is 39.6 Å². The predicted molar refractivity (Wildman–Crippen MR) is 545 cm³/mol. The van der Waals surface area contributed by atoms with Crippen LogP contribution in [0.4, 0.5) is 0 Å². The first-order valence-electron chi connectivity index (χ1n) is 48.1. The van der Waals surface area contributed by atoms with Crippen LogP contribution in [0.25, 0.3) is 0 Å². The topological polar surface area (TPSA) is 211 Å². The van der Waals surface area contributed by atoms with Gasteiger partial charge in [-0.15, -0.1) is 0 Å². The summed E-state index contributed by atoms with van der Waals surface area (Å²) in [6.07, 6.45) is 2.50. The normalized spacial score (nSPS) is 16.4. The van der Waals surface area contributed by atoms with Crippen molar-refractivity contribution >= 4 is 11.9 Å². The second kappa shape index (κ2) is 41.9. The van der Waals surface area contributed by atoms with E-state index in [2.05, 4.69) is 303 Å². The van der Waals surface area contributed by atoms with Crippen LogP contribution in [0.3, 0.4) is 0 Å². The van der Waals surface area contributed by atoms with E-state index >= 15 is 0 Å². The lowest BCUT2D eigenvalue weighted by Gasteiger charge is -2.48. The van der Waals surface area contributed by atoms with Crippen LogP contribution < -0.4 is 0 Å². The smallest absolute Gasteiger partial charge is 0.306 e. The van der Waals surface area contributed by atoms with Crippen molar-refractivity contribution in [3.8, 4) is 34.5 Å². The number of para-hydroxylation sites is 1. The standard InChI is InChI=1S/C54H78O3.C49H76O10.C9H12.C6H6O/c1-31-37(22-34-25-40(49(4,5)6)46(55)41(26-34)50(7,8)9)32(2)39(24-36-29-44(53(16,17)18)48(57)45(30-36)54(19,20)21)33(3)38(31)23-35-27-42(51(10,11)12)47(56)43(28-35)52(13,14)15;1-43(2,3)33-21-31(22-34(39(33)52)44(4,5)6)17-19-37(50)54-25-47(13,14)41-56-27-49(28-57-41)29-58-42(59-30-49)48(15,16)26-55-38(51)20-18-32-23-35(45(7,8)9)40(53)36(24-32)46(10,11)12;1-8(2)9-6-4-3-5-7-9;7-6-4-2-1-3-5-6/h25-30,55-57H,22-24H2,1-21H3;21-24,41-42,52-53H,17-20,25-30H2,1-16H3;3-8H,1-2H3;1-5,7H. The van der Waals surface area contributed by atoms with Gasteiger partial charge in [0.25, 0.3) is 0 Å². The van der Waals surface area contributed by atoms with Gasteiger partial charge in [0.2, 0.25) is 0 Å². The average Bonchev–Trinajstić information content (AvgIpc) is 0.752. The first-order chi connectivity index (χ1) is 60.1. The minimum atomic E-state index is -0.606. The Bertz CT molecular complexity index is 4660. The number of phenolic OH excluding ortho intramolecular Hbond substituents is 6. The third-order valence-electron chi connectivity index (χ3n) is 25.9. The van der Waals surface area contributed by atoms with E-state index in [0.29, 0.717) is 79.7 Å². The first kappa shape index (κ1) is 110. The van der Waals surface area contributed by atoms with Crippen LogP contribution in [0.5, 0.6) is 34.5 Å². The number of hydrogen-bond donors (Lipinski definition) is 6. The van der Waals surface area contributed by atoms with E-state index in [1.807, 2.05) is 64.1 Å². The fraction of sp³-hybridized carbons (Fsp3) is 0.576. The molecule has 0 saturated carbocycles. The van der Waals surface area contributed by atoms with E-state index in [0.717, 1.165) is 86.0 Å². The number of phenols is 6. The molecule has 10 rings (SSSR count). The van der Waals surface area contributed by atoms with Gasteiger partial charge in [-0.05, 0) is 247 Å². The Labute approximate surface area is 797 Å². The van der Waals surface area contributed by atoms with Gasteiger partial charge in [-0.3, -0.25) is 9.59 Å². The van der Waals surface area contributed by atoms with E-state index < -0.39 is 28.8 Å². The maximum absolute atomic E-state index is 13.0. The third kappa shape index (κ3) is 29.2. The summed E-state index contributed by atoms with van der Waals surface area (Å²) in [5.41, 5.74) is 20.2. The molecule has 2 heterocycles. The van der Waals surface area contributed by atoms with Crippen molar-refractivity contribution in [1.29, 1.82) is 0 Å². The highest BCUT2D eigenvalue weighted by Gasteiger charge is 2.49. The molecule has 0 radical (unpaired) electrons. The number of hydrogen-bond acceptors (Lipinski definition) is 14. The number of aromatic hydroxyl groups is 6. The lowest BCUT2D eigenvalue weighted by atomic mass is 9.75. The molecule has 2 aliphatic heterocycles. The summed E-state index contributed by atoms with van der Waals surface area (Å²) >= 11 is 0. The summed E-state index contributed by atoms with van der Waals surface area (Å²) in [6.45, 7) is 85.0. The van der Waals surface area contributed by atoms with Crippen LogP contribution in [0.2, 0.25) is 0 Å². The van der Waals surface area contributed by atoms with Crippen LogP contribution in [0.15, 0.2) is 121 Å². The van der Waals surface area contributed by atoms with Gasteiger partial charge in [-0.25, -0.2) is 0 Å². The second-order valence-corrected chi connectivity index (χ2v) is 50.1. The lowest BCUT2D eigenvalue weighted by molar-refractivity contribution is -0.337. The minimum absolute atomic E-state index is 0.131. The third-order valence-corrected chi connectivity index (χ3v) is 25.9. The monoisotopic (exact) mass is 1810 g/mol. The molecule has 14 nitrogen and oxygen atoms in total. The van der Waals surface area contributed by atoms with Crippen molar-refractivity contribution in [2.24, 2.45) is 16.2 Å². The zero-order valence-corrected chi connectivity index (χ0v) is 88.9. The number of ether oxygens (including phenoxy) is 6. The summed E-state index contributed by atoms with van der Waals surface area (Å²) < 4.78 is 36.5. The summed E-state index contributed by atoms with van der Waals surface area (Å²) in [5, 5.41) is 65.7. The molecule has 2 aliphatic rings. The molecule has 2 saturated heterocycles. The lowest BCUT2D eigenvalue weighted by Crippen LogP contribution is -2.57. The Morgan fingerprint density at radius 2 is 0.515 bits per heavy atom. The number of aryl methyl sites for hydroxylation is 2. The Kier molecular flexibility index (Phi) is 35.0. The van der Waals surface area contributed by atoms with Crippen LogP contribution in [0.1, 0.15) is 390 Å². The van der Waals surface area contributed by atoms with Gasteiger partial charge < -0.3 is 59.1 Å². The number of carbonyl (C=O) groups excluding carboxylic acids is 2. The fourth-order valence-electron chi connectivity index (χ4n) is 17.4. The van der Waals surface area contributed by atoms with E-state index in [-0.39, 0.29) is 92.1 Å². The van der Waals surface area contributed by atoms with Gasteiger partial charge >= 0.3 is 11.9 Å². The largest absolute Gasteiger partial charge is 0.508 e. The molecule has 0 amide bonds. The summed E-state index contributed by atoms with van der Waals surface area (Å²) in [4.78, 5) is 26.0. The van der Waals surface area contributed by atoms with Gasteiger partial charge in [0, 0.05) is 23.7 Å². The molecular weight excluding hydrogens is 1640 g/mol. The van der Waals surface area contributed by atoms with E-state index in [4.69, 9.17) is 33.5 Å². The molecular formula is C118H172O14. The highest BCUT2D eigenvalue weighted by molar-refractivity contribution is 5.71. The molecule has 0 aliphatic carbocycles. The van der Waals surface area contributed by atoms with Crippen molar-refractivity contribution in [1.82, 2.24) is 0 Å². The molecule has 8 aromatic carbocycles. The van der Waals surface area contributed by atoms with Crippen molar-refractivity contribution in [2.45, 2.75) is 388 Å². The van der Waals surface area contributed by atoms with Crippen LogP contribution >= 0.6 is 0 Å². The maximum atomic E-state index is 13.0. The van der Waals surface area contributed by atoms with Gasteiger partial charge in [0.15, 0.2) is 12.6 Å². The molecule has 0 atom stereocenters. The zero-order chi connectivity index (χ0) is 100. The minimum Gasteiger partial charge on any atom is -0.508 e. The molecule has 1 spiro atoms. The highest BCUT2D eigenvalue weighted by atomic mass is 16.7. The summed E-state index contributed by atoms with van der Waals surface area (Å²) in [6, 6.07) is 40.7. The van der Waals surface area contributed by atoms with E-state index in [1.54, 1.807) is 24.3 Å². The summed E-state index contributed by atoms with van der Waals surface area (Å²) in [5.74, 6) is 2.25. The second-order valence-electron chi connectivity index (χ2n) is 50.1. The average molecular weight is 1810 g/mol. The van der Waals surface area contributed by atoms with E-state index in [9.17, 15) is 35.1 Å². The van der Waals surface area contributed by atoms with Crippen LogP contribution in [0, 0.1) is 37.0 Å². The first-order valence-corrected chi connectivity index (χ1v) is 48.1. The Hall–Kier alpha value is -8.66. The Morgan fingerprint density at radius 3 is 0.689 bits per heavy atom. The number of esters is 2. The fourth-order valence-corrected chi connectivity index (χ4v) is 17.4. The SMILES string of the molecule is CC(C)(C)c1cc(CCC(=O)OCC(C)(C)C2OCC3(CO2)COC(C(C)(C)COC(=O)CCc2cc(C(C)(C)C)c(O)c(C(C)(C)C)c2)OC3)cc(C(C)(C)C)c1O.CC(C)c1ccccc1.Cc1c(Cc2cc(C(C)(C)C)c(O)c(C(C)(C)C)c2)c(C)c(Cc2cc(C(C)(C)C)c(O)c(C(C)(C)C)c2)c(C)c1Cc1cc(C(C)(C)C)c(O)c(C(C)(C)C)c1.Oc1ccccc1. The molecule has 2 fully saturated rings.